The lowest BCUT2D eigenvalue weighted by molar-refractivity contribution is 1.28. The van der Waals surface area contributed by atoms with Gasteiger partial charge in [-0.2, -0.15) is 5.26 Å². The standard InChI is InChI=1S/C4HClN2OS/c5-3-2(1-6)7-4(8)9-3/h(H,7,8). The maximum absolute atomic E-state index is 10.4. The third kappa shape index (κ3) is 1.12. The lowest BCUT2D eigenvalue weighted by atomic mass is 10.6. The fourth-order valence-corrected chi connectivity index (χ4v) is 1.20. The molecule has 1 N–H and O–H groups in total. The Bertz CT molecular complexity index is 307. The molecule has 46 valence electrons. The van der Waals surface area contributed by atoms with Crippen molar-refractivity contribution in [2.45, 2.75) is 0 Å². The molecule has 3 nitrogen and oxygen atoms in total. The molecular formula is C4HClN2OS. The quantitative estimate of drug-likeness (QED) is 0.615. The Balaban J connectivity index is 3.37. The van der Waals surface area contributed by atoms with Gasteiger partial charge in [0.25, 0.3) is 0 Å². The van der Waals surface area contributed by atoms with Gasteiger partial charge in [-0.15, -0.1) is 0 Å². The van der Waals surface area contributed by atoms with E-state index in [0.717, 1.165) is 11.3 Å². The van der Waals surface area contributed by atoms with Gasteiger partial charge < -0.3 is 4.98 Å². The van der Waals surface area contributed by atoms with E-state index in [1.54, 1.807) is 6.07 Å². The first-order chi connectivity index (χ1) is 4.24. The zero-order valence-electron chi connectivity index (χ0n) is 4.14. The van der Waals surface area contributed by atoms with E-state index >= 15 is 0 Å². The Morgan fingerprint density at radius 2 is 2.44 bits per heavy atom. The second-order valence-corrected chi connectivity index (χ2v) is 2.86. The van der Waals surface area contributed by atoms with Gasteiger partial charge in [0, 0.05) is 0 Å². The second kappa shape index (κ2) is 2.21. The van der Waals surface area contributed by atoms with Gasteiger partial charge in [0.05, 0.1) is 0 Å². The molecule has 0 atom stereocenters. The van der Waals surface area contributed by atoms with Crippen LogP contribution in [0.15, 0.2) is 4.79 Å². The van der Waals surface area contributed by atoms with Crippen molar-refractivity contribution in [3.8, 4) is 6.07 Å². The van der Waals surface area contributed by atoms with E-state index in [1.165, 1.54) is 0 Å². The van der Waals surface area contributed by atoms with Crippen molar-refractivity contribution in [3.05, 3.63) is 19.7 Å². The maximum Gasteiger partial charge on any atom is 0.306 e. The van der Waals surface area contributed by atoms with Crippen LogP contribution in [0.4, 0.5) is 0 Å². The number of aromatic nitrogens is 1. The molecule has 0 amide bonds. The number of halogens is 1. The molecule has 9 heavy (non-hydrogen) atoms. The number of thiazole rings is 1. The average molecular weight is 161 g/mol. The number of rotatable bonds is 0. The summed E-state index contributed by atoms with van der Waals surface area (Å²) in [4.78, 5) is 12.4. The molecule has 1 heterocycles. The first kappa shape index (κ1) is 6.33. The summed E-state index contributed by atoms with van der Waals surface area (Å²) < 4.78 is 0.225. The first-order valence-electron chi connectivity index (χ1n) is 2.02. The third-order valence-corrected chi connectivity index (χ3v) is 1.81. The number of H-pyrrole nitrogens is 1. The molecule has 0 saturated carbocycles. The summed E-state index contributed by atoms with van der Waals surface area (Å²) in [5.74, 6) is 0. The molecule has 0 saturated heterocycles. The van der Waals surface area contributed by atoms with Crippen molar-refractivity contribution in [3.63, 3.8) is 0 Å². The smallest absolute Gasteiger partial charge is 0.303 e. The number of hydrogen-bond acceptors (Lipinski definition) is 3. The van der Waals surface area contributed by atoms with Gasteiger partial charge in [0.15, 0.2) is 0 Å². The minimum Gasteiger partial charge on any atom is -0.303 e. The number of nitrogens with zero attached hydrogens (tertiary/aromatic N) is 1. The molecule has 0 radical (unpaired) electrons. The lowest BCUT2D eigenvalue weighted by Gasteiger charge is -1.72. The molecule has 1 rings (SSSR count). The molecule has 0 aliphatic heterocycles. The first-order valence-corrected chi connectivity index (χ1v) is 3.22. The summed E-state index contributed by atoms with van der Waals surface area (Å²) in [5, 5.41) is 8.23. The summed E-state index contributed by atoms with van der Waals surface area (Å²) >= 11 is 6.24. The van der Waals surface area contributed by atoms with E-state index in [1.807, 2.05) is 0 Å². The Hall–Kier alpha value is -0.790. The van der Waals surface area contributed by atoms with Crippen molar-refractivity contribution in [2.75, 3.05) is 0 Å². The van der Waals surface area contributed by atoms with Gasteiger partial charge in [0.1, 0.15) is 16.1 Å². The summed E-state index contributed by atoms with van der Waals surface area (Å²) in [7, 11) is 0. The van der Waals surface area contributed by atoms with Gasteiger partial charge in [-0.1, -0.05) is 22.9 Å². The van der Waals surface area contributed by atoms with Crippen LogP contribution in [0.3, 0.4) is 0 Å². The van der Waals surface area contributed by atoms with Crippen molar-refractivity contribution < 1.29 is 0 Å². The lowest BCUT2D eigenvalue weighted by Crippen LogP contribution is -1.91. The van der Waals surface area contributed by atoms with E-state index in [0.29, 0.717) is 0 Å². The topological polar surface area (TPSA) is 56.6 Å². The van der Waals surface area contributed by atoms with Crippen molar-refractivity contribution in [1.82, 2.24) is 4.98 Å². The van der Waals surface area contributed by atoms with Crippen LogP contribution in [0.1, 0.15) is 5.69 Å². The minimum atomic E-state index is -0.295. The molecule has 5 heteroatoms. The highest BCUT2D eigenvalue weighted by Crippen LogP contribution is 2.14. The Kier molecular flexibility index (Phi) is 1.56. The number of aromatic amines is 1. The average Bonchev–Trinajstić information content (AvgIpc) is 2.10. The van der Waals surface area contributed by atoms with Gasteiger partial charge in [-0.05, 0) is 0 Å². The molecule has 0 bridgehead atoms. The Morgan fingerprint density at radius 3 is 2.67 bits per heavy atom. The third-order valence-electron chi connectivity index (χ3n) is 0.718. The molecule has 1 aromatic rings. The fraction of sp³-hybridized carbons (Fsp3) is 0. The van der Waals surface area contributed by atoms with Gasteiger partial charge >= 0.3 is 4.87 Å². The van der Waals surface area contributed by atoms with Crippen LogP contribution in [-0.2, 0) is 0 Å². The van der Waals surface area contributed by atoms with Crippen molar-refractivity contribution in [2.24, 2.45) is 0 Å². The van der Waals surface area contributed by atoms with E-state index in [-0.39, 0.29) is 14.9 Å². The number of hydrogen-bond donors (Lipinski definition) is 1. The normalized spacial score (nSPS) is 8.89. The van der Waals surface area contributed by atoms with Crippen LogP contribution in [0.5, 0.6) is 0 Å². The monoisotopic (exact) mass is 160 g/mol. The van der Waals surface area contributed by atoms with Gasteiger partial charge in [0.2, 0.25) is 0 Å². The Morgan fingerprint density at radius 1 is 1.78 bits per heavy atom. The molecule has 0 fully saturated rings. The van der Waals surface area contributed by atoms with Crippen LogP contribution >= 0.6 is 22.9 Å². The van der Waals surface area contributed by atoms with Gasteiger partial charge in [-0.25, -0.2) is 0 Å². The predicted octanol–water partition coefficient (Wildman–Crippen LogP) is 0.961. The molecular weight excluding hydrogens is 160 g/mol. The van der Waals surface area contributed by atoms with Crippen LogP contribution < -0.4 is 4.87 Å². The van der Waals surface area contributed by atoms with E-state index in [4.69, 9.17) is 16.9 Å². The SMILES string of the molecule is N#Cc1[nH]c(=O)sc1Cl. The summed E-state index contributed by atoms with van der Waals surface area (Å²) in [6.07, 6.45) is 0. The highest BCUT2D eigenvalue weighted by Gasteiger charge is 2.01. The molecule has 1 aromatic heterocycles. The van der Waals surface area contributed by atoms with Crippen molar-refractivity contribution >= 4 is 22.9 Å². The maximum atomic E-state index is 10.4. The molecule has 0 aliphatic carbocycles. The highest BCUT2D eigenvalue weighted by atomic mass is 35.5. The summed E-state index contributed by atoms with van der Waals surface area (Å²) in [5.41, 5.74) is 0.145. The predicted molar refractivity (Wildman–Crippen MR) is 34.7 cm³/mol. The second-order valence-electron chi connectivity index (χ2n) is 1.28. The molecule has 0 spiro atoms. The largest absolute Gasteiger partial charge is 0.306 e. The number of nitriles is 1. The fourth-order valence-electron chi connectivity index (χ4n) is 0.381. The molecule has 0 unspecified atom stereocenters. The highest BCUT2D eigenvalue weighted by molar-refractivity contribution is 7.13. The van der Waals surface area contributed by atoms with Gasteiger partial charge in [-0.3, -0.25) is 4.79 Å². The van der Waals surface area contributed by atoms with Crippen LogP contribution in [-0.4, -0.2) is 4.98 Å². The van der Waals surface area contributed by atoms with Crippen LogP contribution in [0.2, 0.25) is 4.34 Å². The van der Waals surface area contributed by atoms with E-state index in [9.17, 15) is 4.79 Å². The summed E-state index contributed by atoms with van der Waals surface area (Å²) in [6, 6.07) is 1.74. The number of nitrogens with one attached hydrogen (secondary N) is 1. The minimum absolute atomic E-state index is 0.145. The van der Waals surface area contributed by atoms with E-state index < -0.39 is 0 Å². The molecule has 0 aromatic carbocycles. The summed E-state index contributed by atoms with van der Waals surface area (Å²) in [6.45, 7) is 0. The van der Waals surface area contributed by atoms with Crippen molar-refractivity contribution in [1.29, 1.82) is 5.26 Å². The molecule has 0 aliphatic rings. The zero-order chi connectivity index (χ0) is 6.85. The van der Waals surface area contributed by atoms with Crippen LogP contribution in [0, 0.1) is 11.3 Å². The van der Waals surface area contributed by atoms with E-state index in [2.05, 4.69) is 4.98 Å². The zero-order valence-corrected chi connectivity index (χ0v) is 5.71. The van der Waals surface area contributed by atoms with Crippen LogP contribution in [0.25, 0.3) is 0 Å². The Labute approximate surface area is 59.5 Å².